The summed E-state index contributed by atoms with van der Waals surface area (Å²) in [7, 11) is 0. The van der Waals surface area contributed by atoms with Crippen LogP contribution >= 0.6 is 0 Å². The summed E-state index contributed by atoms with van der Waals surface area (Å²) >= 11 is -1.73. The van der Waals surface area contributed by atoms with Crippen molar-refractivity contribution >= 4 is 18.4 Å². The summed E-state index contributed by atoms with van der Waals surface area (Å²) in [6.45, 7) is 2.23. The zero-order valence-corrected chi connectivity index (χ0v) is 11.2. The SMILES string of the molecule is CCCCCC#[C][Sn]([CH3])([CH3])[CH3]. The molecule has 0 radical (unpaired) electrons. The molecule has 0 aliphatic heterocycles. The summed E-state index contributed by atoms with van der Waals surface area (Å²) in [5.74, 6) is 3.30. The van der Waals surface area contributed by atoms with Crippen LogP contribution in [0.2, 0.25) is 14.8 Å². The van der Waals surface area contributed by atoms with Crippen molar-refractivity contribution in [2.75, 3.05) is 0 Å². The zero-order valence-electron chi connectivity index (χ0n) is 8.33. The molecule has 1 heteroatoms. The van der Waals surface area contributed by atoms with E-state index in [0.29, 0.717) is 0 Å². The van der Waals surface area contributed by atoms with E-state index >= 15 is 0 Å². The van der Waals surface area contributed by atoms with E-state index in [0.717, 1.165) is 6.42 Å². The van der Waals surface area contributed by atoms with Crippen LogP contribution in [0.1, 0.15) is 32.6 Å². The van der Waals surface area contributed by atoms with Crippen molar-refractivity contribution in [3.8, 4) is 9.86 Å². The maximum atomic E-state index is 3.44. The molecule has 0 amide bonds. The predicted molar refractivity (Wildman–Crippen MR) is 55.3 cm³/mol. The van der Waals surface area contributed by atoms with Crippen LogP contribution < -0.4 is 0 Å². The van der Waals surface area contributed by atoms with Crippen LogP contribution in [0.3, 0.4) is 0 Å². The summed E-state index contributed by atoms with van der Waals surface area (Å²) in [6.07, 6.45) is 5.07. The Kier molecular flexibility index (Phi) is 6.13. The van der Waals surface area contributed by atoms with Crippen molar-refractivity contribution in [1.29, 1.82) is 0 Å². The van der Waals surface area contributed by atoms with Crippen LogP contribution in [0.25, 0.3) is 0 Å². The molecule has 0 aliphatic rings. The van der Waals surface area contributed by atoms with Crippen LogP contribution in [-0.2, 0) is 0 Å². The third kappa shape index (κ3) is 10.4. The van der Waals surface area contributed by atoms with Gasteiger partial charge in [0.15, 0.2) is 0 Å². The molecule has 0 atom stereocenters. The van der Waals surface area contributed by atoms with Gasteiger partial charge in [-0.3, -0.25) is 0 Å². The fraction of sp³-hybridized carbons (Fsp3) is 0.800. The molecule has 64 valence electrons. The minimum atomic E-state index is -1.73. The van der Waals surface area contributed by atoms with E-state index in [1.807, 2.05) is 0 Å². The fourth-order valence-electron chi connectivity index (χ4n) is 0.791. The van der Waals surface area contributed by atoms with Crippen molar-refractivity contribution in [2.24, 2.45) is 0 Å². The van der Waals surface area contributed by atoms with Gasteiger partial charge in [-0.15, -0.1) is 0 Å². The Balaban J connectivity index is 3.41. The van der Waals surface area contributed by atoms with Crippen LogP contribution in [0.4, 0.5) is 0 Å². The summed E-state index contributed by atoms with van der Waals surface area (Å²) in [4.78, 5) is 7.09. The molecule has 0 N–H and O–H groups in total. The maximum absolute atomic E-state index is 3.44. The van der Waals surface area contributed by atoms with Gasteiger partial charge in [0.1, 0.15) is 0 Å². The second-order valence-corrected chi connectivity index (χ2v) is 17.6. The summed E-state index contributed by atoms with van der Waals surface area (Å²) < 4.78 is 3.44. The Morgan fingerprint density at radius 1 is 1.09 bits per heavy atom. The van der Waals surface area contributed by atoms with Crippen molar-refractivity contribution in [3.63, 3.8) is 0 Å². The average molecular weight is 259 g/mol. The van der Waals surface area contributed by atoms with Gasteiger partial charge in [0.2, 0.25) is 0 Å². The molecule has 0 aromatic heterocycles. The van der Waals surface area contributed by atoms with Gasteiger partial charge in [0, 0.05) is 0 Å². The second kappa shape index (κ2) is 5.94. The van der Waals surface area contributed by atoms with Gasteiger partial charge in [-0.05, 0) is 0 Å². The molecule has 0 aromatic rings. The van der Waals surface area contributed by atoms with Gasteiger partial charge in [-0.25, -0.2) is 0 Å². The summed E-state index contributed by atoms with van der Waals surface area (Å²) in [6, 6.07) is 0. The Hall–Kier alpha value is 0.359. The number of hydrogen-bond acceptors (Lipinski definition) is 0. The van der Waals surface area contributed by atoms with Gasteiger partial charge in [0.05, 0.1) is 0 Å². The van der Waals surface area contributed by atoms with Crippen molar-refractivity contribution < 1.29 is 0 Å². The molecule has 0 nitrogen and oxygen atoms in total. The van der Waals surface area contributed by atoms with E-state index in [9.17, 15) is 0 Å². The van der Waals surface area contributed by atoms with E-state index in [1.54, 1.807) is 0 Å². The third-order valence-electron chi connectivity index (χ3n) is 1.37. The Bertz CT molecular complexity index is 142. The minimum absolute atomic E-state index is 1.13. The summed E-state index contributed by atoms with van der Waals surface area (Å²) in [5, 5.41) is 0. The second-order valence-electron chi connectivity index (χ2n) is 4.01. The van der Waals surface area contributed by atoms with Gasteiger partial charge in [-0.2, -0.15) is 0 Å². The molecule has 0 aromatic carbocycles. The molecule has 0 heterocycles. The molecule has 11 heavy (non-hydrogen) atoms. The van der Waals surface area contributed by atoms with E-state index in [-0.39, 0.29) is 0 Å². The van der Waals surface area contributed by atoms with Gasteiger partial charge in [0.25, 0.3) is 0 Å². The topological polar surface area (TPSA) is 0 Å². The Morgan fingerprint density at radius 3 is 2.18 bits per heavy atom. The molecule has 0 saturated carbocycles. The first-order valence-corrected chi connectivity index (χ1v) is 14.6. The predicted octanol–water partition coefficient (Wildman–Crippen LogP) is 3.45. The Morgan fingerprint density at radius 2 is 1.73 bits per heavy atom. The van der Waals surface area contributed by atoms with E-state index < -0.39 is 18.4 Å². The third-order valence-corrected chi connectivity index (χ3v) is 4.01. The monoisotopic (exact) mass is 260 g/mol. The van der Waals surface area contributed by atoms with Crippen molar-refractivity contribution in [3.05, 3.63) is 0 Å². The molecule has 0 saturated heterocycles. The van der Waals surface area contributed by atoms with Gasteiger partial charge >= 0.3 is 75.7 Å². The van der Waals surface area contributed by atoms with Crippen LogP contribution in [0, 0.1) is 9.86 Å². The first-order chi connectivity index (χ1) is 5.06. The van der Waals surface area contributed by atoms with E-state index in [4.69, 9.17) is 0 Å². The molecule has 0 rings (SSSR count). The van der Waals surface area contributed by atoms with E-state index in [1.165, 1.54) is 19.3 Å². The standard InChI is InChI=1S/C7H11.3CH3.Sn/c1-3-5-7-6-4-2;;;;/h3,5-7H2,1H3;3*1H3;. The molecule has 0 bridgehead atoms. The molecular weight excluding hydrogens is 239 g/mol. The van der Waals surface area contributed by atoms with Crippen LogP contribution in [0.15, 0.2) is 0 Å². The fourth-order valence-corrected chi connectivity index (χ4v) is 2.66. The number of hydrogen-bond donors (Lipinski definition) is 0. The summed E-state index contributed by atoms with van der Waals surface area (Å²) in [5.41, 5.74) is 0. The first kappa shape index (κ1) is 11.4. The quantitative estimate of drug-likeness (QED) is 0.413. The van der Waals surface area contributed by atoms with E-state index in [2.05, 4.69) is 31.6 Å². The molecular formula is C10H20Sn. The van der Waals surface area contributed by atoms with Crippen LogP contribution in [-0.4, -0.2) is 18.4 Å². The van der Waals surface area contributed by atoms with Gasteiger partial charge in [-0.1, -0.05) is 0 Å². The van der Waals surface area contributed by atoms with Gasteiger partial charge < -0.3 is 0 Å². The van der Waals surface area contributed by atoms with Crippen LogP contribution in [0.5, 0.6) is 0 Å². The number of unbranched alkanes of at least 4 members (excludes halogenated alkanes) is 3. The molecule has 0 spiro atoms. The number of rotatable bonds is 3. The zero-order chi connectivity index (χ0) is 8.74. The Labute approximate surface area is 75.6 Å². The molecule has 0 fully saturated rings. The molecule has 0 aliphatic carbocycles. The molecule has 0 unspecified atom stereocenters. The van der Waals surface area contributed by atoms with Crippen molar-refractivity contribution in [2.45, 2.75) is 47.4 Å². The normalized spacial score (nSPS) is 10.5. The first-order valence-electron chi connectivity index (χ1n) is 4.56. The average Bonchev–Trinajstić information content (AvgIpc) is 1.85. The van der Waals surface area contributed by atoms with Crippen molar-refractivity contribution in [1.82, 2.24) is 0 Å².